The van der Waals surface area contributed by atoms with Crippen LogP contribution < -0.4 is 0 Å². The molecule has 0 saturated heterocycles. The van der Waals surface area contributed by atoms with E-state index in [4.69, 9.17) is 0 Å². The molecule has 0 rings (SSSR count). The van der Waals surface area contributed by atoms with E-state index in [1.807, 2.05) is 0 Å². The first-order chi connectivity index (χ1) is 7.66. The molecule has 0 radical (unpaired) electrons. The molecule has 0 aliphatic heterocycles. The maximum atomic E-state index is 2.48. The van der Waals surface area contributed by atoms with Crippen LogP contribution >= 0.6 is 0 Å². The average Bonchev–Trinajstić information content (AvgIpc) is 2.10. The third-order valence-corrected chi connectivity index (χ3v) is 4.07. The molecule has 1 nitrogen and oxygen atoms in total. The van der Waals surface area contributed by atoms with Crippen molar-refractivity contribution in [2.75, 3.05) is 27.2 Å². The van der Waals surface area contributed by atoms with Crippen LogP contribution in [0.3, 0.4) is 0 Å². The van der Waals surface area contributed by atoms with Gasteiger partial charge in [0.1, 0.15) is 0 Å². The summed E-state index contributed by atoms with van der Waals surface area (Å²) in [5.74, 6) is 1.65. The lowest BCUT2D eigenvalue weighted by molar-refractivity contribution is -0.897. The number of rotatable bonds is 8. The monoisotopic (exact) mass is 242 g/mol. The number of quaternary nitrogens is 1. The van der Waals surface area contributed by atoms with Gasteiger partial charge < -0.3 is 4.48 Å². The summed E-state index contributed by atoms with van der Waals surface area (Å²) in [4.78, 5) is 0. The van der Waals surface area contributed by atoms with Crippen molar-refractivity contribution in [1.29, 1.82) is 0 Å². The Bertz CT molecular complexity index is 204. The van der Waals surface area contributed by atoms with E-state index < -0.39 is 0 Å². The van der Waals surface area contributed by atoms with Gasteiger partial charge in [-0.3, -0.25) is 0 Å². The van der Waals surface area contributed by atoms with Crippen LogP contribution in [0, 0.1) is 17.3 Å². The van der Waals surface area contributed by atoms with Crippen LogP contribution in [0.1, 0.15) is 60.8 Å². The van der Waals surface area contributed by atoms with Crippen molar-refractivity contribution in [2.24, 2.45) is 17.3 Å². The van der Waals surface area contributed by atoms with E-state index in [2.05, 4.69) is 55.6 Å². The molecular formula is C16H36N+. The van der Waals surface area contributed by atoms with Gasteiger partial charge in [-0.15, -0.1) is 0 Å². The second-order valence-electron chi connectivity index (χ2n) is 7.45. The zero-order chi connectivity index (χ0) is 13.7. The van der Waals surface area contributed by atoms with Crippen LogP contribution in [0.4, 0.5) is 0 Å². The van der Waals surface area contributed by atoms with E-state index in [0.717, 1.165) is 16.3 Å². The fourth-order valence-electron chi connectivity index (χ4n) is 3.84. The maximum absolute atomic E-state index is 2.48. The Morgan fingerprint density at radius 1 is 1.00 bits per heavy atom. The van der Waals surface area contributed by atoms with Crippen LogP contribution in [0.5, 0.6) is 0 Å². The standard InChI is InChI=1S/C16H36N/c1-9-11-15(14(3)4)16(5,6)13-17(7,8)12-10-2/h14-15H,9-13H2,1-8H3/q+1. The molecule has 0 aliphatic carbocycles. The molecule has 0 aromatic rings. The lowest BCUT2D eigenvalue weighted by Gasteiger charge is -2.43. The van der Waals surface area contributed by atoms with Gasteiger partial charge in [-0.1, -0.05) is 48.0 Å². The molecule has 1 atom stereocenters. The minimum absolute atomic E-state index is 0.447. The van der Waals surface area contributed by atoms with Gasteiger partial charge in [0.25, 0.3) is 0 Å². The number of nitrogens with zero attached hydrogens (tertiary/aromatic N) is 1. The highest BCUT2D eigenvalue weighted by atomic mass is 15.3. The van der Waals surface area contributed by atoms with Crippen molar-refractivity contribution in [3.63, 3.8) is 0 Å². The Labute approximate surface area is 110 Å². The second kappa shape index (κ2) is 6.78. The van der Waals surface area contributed by atoms with Gasteiger partial charge in [-0.2, -0.15) is 0 Å². The fourth-order valence-corrected chi connectivity index (χ4v) is 3.84. The smallest absolute Gasteiger partial charge is 0.0836 e. The number of hydrogen-bond donors (Lipinski definition) is 0. The van der Waals surface area contributed by atoms with E-state index in [9.17, 15) is 0 Å². The van der Waals surface area contributed by atoms with Gasteiger partial charge in [0.05, 0.1) is 27.2 Å². The minimum Gasteiger partial charge on any atom is -0.328 e. The van der Waals surface area contributed by atoms with Crippen molar-refractivity contribution in [3.8, 4) is 0 Å². The van der Waals surface area contributed by atoms with Crippen molar-refractivity contribution in [3.05, 3.63) is 0 Å². The molecule has 0 N–H and O–H groups in total. The van der Waals surface area contributed by atoms with Crippen molar-refractivity contribution < 1.29 is 4.48 Å². The Morgan fingerprint density at radius 2 is 1.53 bits per heavy atom. The van der Waals surface area contributed by atoms with Crippen molar-refractivity contribution >= 4 is 0 Å². The molecule has 0 aromatic carbocycles. The lowest BCUT2D eigenvalue weighted by atomic mass is 9.70. The first kappa shape index (κ1) is 17.0. The van der Waals surface area contributed by atoms with E-state index in [1.165, 1.54) is 32.4 Å². The van der Waals surface area contributed by atoms with Crippen LogP contribution in [-0.2, 0) is 0 Å². The molecule has 0 saturated carbocycles. The van der Waals surface area contributed by atoms with Gasteiger partial charge in [-0.05, 0) is 24.7 Å². The highest BCUT2D eigenvalue weighted by Gasteiger charge is 2.36. The van der Waals surface area contributed by atoms with Crippen molar-refractivity contribution in [1.82, 2.24) is 0 Å². The Morgan fingerprint density at radius 3 is 1.88 bits per heavy atom. The summed E-state index contributed by atoms with van der Waals surface area (Å²) in [6.07, 6.45) is 3.97. The highest BCUT2D eigenvalue weighted by molar-refractivity contribution is 4.80. The van der Waals surface area contributed by atoms with E-state index in [-0.39, 0.29) is 0 Å². The van der Waals surface area contributed by atoms with Gasteiger partial charge in [-0.25, -0.2) is 0 Å². The van der Waals surface area contributed by atoms with E-state index >= 15 is 0 Å². The summed E-state index contributed by atoms with van der Waals surface area (Å²) < 4.78 is 1.16. The third-order valence-electron chi connectivity index (χ3n) is 4.07. The van der Waals surface area contributed by atoms with Gasteiger partial charge >= 0.3 is 0 Å². The lowest BCUT2D eigenvalue weighted by Crippen LogP contribution is -2.49. The molecule has 104 valence electrons. The molecule has 0 amide bonds. The predicted molar refractivity (Wildman–Crippen MR) is 79.2 cm³/mol. The summed E-state index contributed by atoms with van der Waals surface area (Å²) >= 11 is 0. The average molecular weight is 242 g/mol. The van der Waals surface area contributed by atoms with Crippen molar-refractivity contribution in [2.45, 2.75) is 60.8 Å². The van der Waals surface area contributed by atoms with Crippen LogP contribution in [-0.4, -0.2) is 31.7 Å². The zero-order valence-corrected chi connectivity index (χ0v) is 13.6. The van der Waals surface area contributed by atoms with Gasteiger partial charge in [0, 0.05) is 5.41 Å². The predicted octanol–water partition coefficient (Wildman–Crippen LogP) is 4.57. The van der Waals surface area contributed by atoms with E-state index in [0.29, 0.717) is 5.41 Å². The molecule has 0 aromatic heterocycles. The summed E-state index contributed by atoms with van der Waals surface area (Å²) in [7, 11) is 4.77. The minimum atomic E-state index is 0.447. The molecular weight excluding hydrogens is 206 g/mol. The molecule has 0 heterocycles. The molecule has 0 fully saturated rings. The van der Waals surface area contributed by atoms with Crippen LogP contribution in [0.25, 0.3) is 0 Å². The largest absolute Gasteiger partial charge is 0.328 e. The third kappa shape index (κ3) is 5.90. The van der Waals surface area contributed by atoms with E-state index in [1.54, 1.807) is 0 Å². The summed E-state index contributed by atoms with van der Waals surface area (Å²) in [6, 6.07) is 0. The summed E-state index contributed by atoms with van der Waals surface area (Å²) in [5, 5.41) is 0. The topological polar surface area (TPSA) is 0 Å². The Balaban J connectivity index is 4.71. The Hall–Kier alpha value is -0.0400. The second-order valence-corrected chi connectivity index (χ2v) is 7.45. The summed E-state index contributed by atoms with van der Waals surface area (Å²) in [5.41, 5.74) is 0.447. The maximum Gasteiger partial charge on any atom is 0.0836 e. The first-order valence-electron chi connectivity index (χ1n) is 7.48. The highest BCUT2D eigenvalue weighted by Crippen LogP contribution is 2.37. The first-order valence-corrected chi connectivity index (χ1v) is 7.48. The molecule has 0 spiro atoms. The van der Waals surface area contributed by atoms with Crippen LogP contribution in [0.15, 0.2) is 0 Å². The fraction of sp³-hybridized carbons (Fsp3) is 1.00. The molecule has 1 heteroatoms. The molecule has 0 aliphatic rings. The summed E-state index contributed by atoms with van der Waals surface area (Å²) in [6.45, 7) is 16.9. The zero-order valence-electron chi connectivity index (χ0n) is 13.6. The van der Waals surface area contributed by atoms with Crippen LogP contribution in [0.2, 0.25) is 0 Å². The Kier molecular flexibility index (Phi) is 6.76. The molecule has 1 unspecified atom stereocenters. The normalized spacial score (nSPS) is 15.4. The SMILES string of the molecule is CCCC(C(C)C)C(C)(C)C[N+](C)(C)CCC. The molecule has 0 bridgehead atoms. The molecule has 17 heavy (non-hydrogen) atoms. The van der Waals surface area contributed by atoms with Gasteiger partial charge in [0.15, 0.2) is 0 Å². The van der Waals surface area contributed by atoms with Gasteiger partial charge in [0.2, 0.25) is 0 Å². The number of hydrogen-bond acceptors (Lipinski definition) is 0. The quantitative estimate of drug-likeness (QED) is 0.547.